The van der Waals surface area contributed by atoms with Crippen LogP contribution in [0.4, 0.5) is 0 Å². The number of aryl methyl sites for hydroxylation is 4. The highest BCUT2D eigenvalue weighted by atomic mass is 32.1. The molecule has 0 amide bonds. The average molecular weight is 306 g/mol. The number of hydrogen-bond acceptors (Lipinski definition) is 3. The summed E-state index contributed by atoms with van der Waals surface area (Å²) in [5.41, 5.74) is 3.09. The van der Waals surface area contributed by atoms with Crippen LogP contribution in [-0.2, 0) is 12.8 Å². The summed E-state index contributed by atoms with van der Waals surface area (Å²) >= 11 is 3.96. The smallest absolute Gasteiger partial charge is 0.0682 e. The summed E-state index contributed by atoms with van der Waals surface area (Å²) in [6.45, 7) is 7.69. The van der Waals surface area contributed by atoms with Crippen molar-refractivity contribution in [2.24, 2.45) is 0 Å². The molecular formula is C17H23NS2. The maximum Gasteiger partial charge on any atom is 0.0682 e. The van der Waals surface area contributed by atoms with Gasteiger partial charge in [-0.15, -0.1) is 22.7 Å². The molecular weight excluding hydrogens is 282 g/mol. The highest BCUT2D eigenvalue weighted by Gasteiger charge is 2.22. The van der Waals surface area contributed by atoms with Gasteiger partial charge in [-0.05, 0) is 69.3 Å². The van der Waals surface area contributed by atoms with Gasteiger partial charge in [-0.1, -0.05) is 6.92 Å². The Morgan fingerprint density at radius 3 is 2.60 bits per heavy atom. The zero-order valence-electron chi connectivity index (χ0n) is 12.6. The Labute approximate surface area is 130 Å². The van der Waals surface area contributed by atoms with Gasteiger partial charge in [0.15, 0.2) is 0 Å². The molecule has 0 fully saturated rings. The Kier molecular flexibility index (Phi) is 4.29. The van der Waals surface area contributed by atoms with E-state index in [2.05, 4.69) is 38.2 Å². The van der Waals surface area contributed by atoms with Gasteiger partial charge < -0.3 is 5.32 Å². The van der Waals surface area contributed by atoms with Crippen LogP contribution in [0.5, 0.6) is 0 Å². The van der Waals surface area contributed by atoms with Crippen molar-refractivity contribution in [3.63, 3.8) is 0 Å². The second-order valence-electron chi connectivity index (χ2n) is 5.66. The summed E-state index contributed by atoms with van der Waals surface area (Å²) in [6, 6.07) is 5.23. The van der Waals surface area contributed by atoms with E-state index >= 15 is 0 Å². The average Bonchev–Trinajstić information content (AvgIpc) is 2.99. The van der Waals surface area contributed by atoms with Crippen molar-refractivity contribution in [1.82, 2.24) is 5.32 Å². The van der Waals surface area contributed by atoms with E-state index in [1.165, 1.54) is 45.9 Å². The first-order chi connectivity index (χ1) is 9.69. The maximum absolute atomic E-state index is 3.70. The summed E-state index contributed by atoms with van der Waals surface area (Å²) in [7, 11) is 0. The third kappa shape index (κ3) is 2.72. The lowest BCUT2D eigenvalue weighted by Crippen LogP contribution is -2.21. The summed E-state index contributed by atoms with van der Waals surface area (Å²) in [5.74, 6) is 0. The lowest BCUT2D eigenvalue weighted by Gasteiger charge is -2.16. The zero-order chi connectivity index (χ0) is 14.1. The molecule has 0 saturated heterocycles. The molecule has 0 spiro atoms. The van der Waals surface area contributed by atoms with Gasteiger partial charge in [0.25, 0.3) is 0 Å². The monoisotopic (exact) mass is 305 g/mol. The van der Waals surface area contributed by atoms with Crippen molar-refractivity contribution < 1.29 is 0 Å². The molecule has 2 aromatic heterocycles. The molecule has 2 heterocycles. The molecule has 108 valence electrons. The topological polar surface area (TPSA) is 12.0 Å². The lowest BCUT2D eigenvalue weighted by molar-refractivity contribution is 0.638. The highest BCUT2D eigenvalue weighted by Crippen LogP contribution is 2.37. The van der Waals surface area contributed by atoms with E-state index in [1.54, 1.807) is 10.4 Å². The molecule has 2 aromatic rings. The Hall–Kier alpha value is -0.640. The molecule has 0 saturated carbocycles. The fourth-order valence-electron chi connectivity index (χ4n) is 3.16. The van der Waals surface area contributed by atoms with Crippen molar-refractivity contribution in [1.29, 1.82) is 0 Å². The molecule has 1 unspecified atom stereocenters. The largest absolute Gasteiger partial charge is 0.306 e. The first-order valence-corrected chi connectivity index (χ1v) is 9.24. The molecule has 20 heavy (non-hydrogen) atoms. The summed E-state index contributed by atoms with van der Waals surface area (Å²) in [6.07, 6.45) is 5.31. The van der Waals surface area contributed by atoms with Gasteiger partial charge in [0.1, 0.15) is 0 Å². The number of rotatable bonds is 4. The SMILES string of the molecule is CCNC(c1cc2c(s1)CCCC2)c1cc(C)sc1C. The van der Waals surface area contributed by atoms with E-state index in [4.69, 9.17) is 0 Å². The van der Waals surface area contributed by atoms with E-state index in [9.17, 15) is 0 Å². The van der Waals surface area contributed by atoms with E-state index < -0.39 is 0 Å². The molecule has 1 aliphatic carbocycles. The highest BCUT2D eigenvalue weighted by molar-refractivity contribution is 7.12. The summed E-state index contributed by atoms with van der Waals surface area (Å²) < 4.78 is 0. The second-order valence-corrected chi connectivity index (χ2v) is 8.29. The molecule has 1 N–H and O–H groups in total. The molecule has 3 rings (SSSR count). The minimum atomic E-state index is 0.389. The van der Waals surface area contributed by atoms with Crippen molar-refractivity contribution in [2.45, 2.75) is 52.5 Å². The van der Waals surface area contributed by atoms with Gasteiger partial charge in [-0.25, -0.2) is 0 Å². The van der Waals surface area contributed by atoms with E-state index in [1.807, 2.05) is 22.7 Å². The van der Waals surface area contributed by atoms with E-state index in [-0.39, 0.29) is 0 Å². The van der Waals surface area contributed by atoms with E-state index in [0.717, 1.165) is 6.54 Å². The van der Waals surface area contributed by atoms with E-state index in [0.29, 0.717) is 6.04 Å². The Morgan fingerprint density at radius 2 is 1.95 bits per heavy atom. The van der Waals surface area contributed by atoms with Crippen LogP contribution in [0.3, 0.4) is 0 Å². The van der Waals surface area contributed by atoms with Gasteiger partial charge in [0.2, 0.25) is 0 Å². The maximum atomic E-state index is 3.70. The van der Waals surface area contributed by atoms with Crippen molar-refractivity contribution in [2.75, 3.05) is 6.54 Å². The first-order valence-electron chi connectivity index (χ1n) is 7.60. The number of hydrogen-bond donors (Lipinski definition) is 1. The molecule has 1 nitrogen and oxygen atoms in total. The zero-order valence-corrected chi connectivity index (χ0v) is 14.2. The second kappa shape index (κ2) is 6.00. The van der Waals surface area contributed by atoms with Crippen molar-refractivity contribution in [3.05, 3.63) is 42.8 Å². The molecule has 3 heteroatoms. The Bertz CT molecular complexity index is 571. The molecule has 0 aliphatic heterocycles. The fourth-order valence-corrected chi connectivity index (χ4v) is 5.48. The molecule has 1 aliphatic rings. The van der Waals surface area contributed by atoms with Gasteiger partial charge >= 0.3 is 0 Å². The number of fused-ring (bicyclic) bond motifs is 1. The van der Waals surface area contributed by atoms with Crippen LogP contribution in [-0.4, -0.2) is 6.54 Å². The van der Waals surface area contributed by atoms with Crippen LogP contribution in [0.25, 0.3) is 0 Å². The summed E-state index contributed by atoms with van der Waals surface area (Å²) in [5, 5.41) is 3.70. The van der Waals surface area contributed by atoms with Gasteiger partial charge in [-0.3, -0.25) is 0 Å². The fraction of sp³-hybridized carbons (Fsp3) is 0.529. The predicted molar refractivity (Wildman–Crippen MR) is 90.3 cm³/mol. The van der Waals surface area contributed by atoms with Gasteiger partial charge in [-0.2, -0.15) is 0 Å². The van der Waals surface area contributed by atoms with Crippen molar-refractivity contribution >= 4 is 22.7 Å². The molecule has 0 bridgehead atoms. The van der Waals surface area contributed by atoms with Crippen LogP contribution in [0.15, 0.2) is 12.1 Å². The lowest BCUT2D eigenvalue weighted by atomic mass is 9.98. The van der Waals surface area contributed by atoms with Crippen LogP contribution < -0.4 is 5.32 Å². The third-order valence-corrected chi connectivity index (χ3v) is 6.38. The standard InChI is InChI=1S/C17H23NS2/c1-4-18-17(14-9-11(2)19-12(14)3)16-10-13-7-5-6-8-15(13)20-16/h9-10,17-18H,4-8H2,1-3H3. The third-order valence-electron chi connectivity index (χ3n) is 4.10. The summed E-state index contributed by atoms with van der Waals surface area (Å²) in [4.78, 5) is 6.03. The van der Waals surface area contributed by atoms with Gasteiger partial charge in [0.05, 0.1) is 6.04 Å². The minimum Gasteiger partial charge on any atom is -0.306 e. The Morgan fingerprint density at radius 1 is 1.15 bits per heavy atom. The van der Waals surface area contributed by atoms with Crippen molar-refractivity contribution in [3.8, 4) is 0 Å². The predicted octanol–water partition coefficient (Wildman–Crippen LogP) is 5.00. The van der Waals surface area contributed by atoms with Gasteiger partial charge in [0, 0.05) is 19.5 Å². The minimum absolute atomic E-state index is 0.389. The quantitative estimate of drug-likeness (QED) is 0.838. The van der Waals surface area contributed by atoms with Crippen LogP contribution in [0, 0.1) is 13.8 Å². The first kappa shape index (κ1) is 14.3. The number of nitrogens with one attached hydrogen (secondary N) is 1. The van der Waals surface area contributed by atoms with Crippen LogP contribution in [0.1, 0.15) is 56.4 Å². The normalized spacial score (nSPS) is 16.1. The molecule has 0 radical (unpaired) electrons. The van der Waals surface area contributed by atoms with Crippen LogP contribution in [0.2, 0.25) is 0 Å². The Balaban J connectivity index is 1.98. The molecule has 1 atom stereocenters. The van der Waals surface area contributed by atoms with Crippen LogP contribution >= 0.6 is 22.7 Å². The number of thiophene rings is 2. The molecule has 0 aromatic carbocycles.